The van der Waals surface area contributed by atoms with Crippen LogP contribution in [0.3, 0.4) is 0 Å². The monoisotopic (exact) mass is 436 g/mol. The number of allylic oxidation sites excluding steroid dienone is 1. The third kappa shape index (κ3) is 3.90. The molecule has 4 rings (SSSR count). The summed E-state index contributed by atoms with van der Waals surface area (Å²) in [5.41, 5.74) is 9.61. The summed E-state index contributed by atoms with van der Waals surface area (Å²) in [7, 11) is 0. The van der Waals surface area contributed by atoms with E-state index in [0.29, 0.717) is 41.2 Å². The van der Waals surface area contributed by atoms with E-state index in [2.05, 4.69) is 16.3 Å². The van der Waals surface area contributed by atoms with Gasteiger partial charge in [0.2, 0.25) is 11.8 Å². The molecule has 2 aromatic carbocycles. The first-order valence-electron chi connectivity index (χ1n) is 9.78. The highest BCUT2D eigenvalue weighted by Crippen LogP contribution is 2.44. The molecule has 7 nitrogen and oxygen atoms in total. The van der Waals surface area contributed by atoms with Crippen LogP contribution in [0.5, 0.6) is 17.4 Å². The highest BCUT2D eigenvalue weighted by atomic mass is 35.5. The minimum Gasteiger partial charge on any atom is -0.490 e. The predicted octanol–water partition coefficient (Wildman–Crippen LogP) is 4.57. The second kappa shape index (κ2) is 8.62. The van der Waals surface area contributed by atoms with E-state index in [-0.39, 0.29) is 5.88 Å². The number of aromatic nitrogens is 2. The lowest BCUT2D eigenvalue weighted by atomic mass is 9.84. The number of H-pyrrole nitrogens is 1. The number of nitriles is 1. The molecule has 0 radical (unpaired) electrons. The molecule has 0 aliphatic carbocycles. The predicted molar refractivity (Wildman–Crippen MR) is 116 cm³/mol. The van der Waals surface area contributed by atoms with Crippen LogP contribution in [0.25, 0.3) is 0 Å². The SMILES string of the molecule is CCOc1cc(C2C(C#N)=C(N)Oc3n[nH]c(C)c32)ccc1OCc1ccccc1Cl. The summed E-state index contributed by atoms with van der Waals surface area (Å²) in [6, 6.07) is 15.3. The number of aromatic amines is 1. The van der Waals surface area contributed by atoms with Crippen molar-refractivity contribution in [3.63, 3.8) is 0 Å². The summed E-state index contributed by atoms with van der Waals surface area (Å²) in [4.78, 5) is 0. The van der Waals surface area contributed by atoms with Crippen LogP contribution in [0.2, 0.25) is 5.02 Å². The summed E-state index contributed by atoms with van der Waals surface area (Å²) in [5, 5.41) is 17.4. The second-order valence-electron chi connectivity index (χ2n) is 7.01. The quantitative estimate of drug-likeness (QED) is 0.586. The smallest absolute Gasteiger partial charge is 0.244 e. The molecule has 3 N–H and O–H groups in total. The fourth-order valence-electron chi connectivity index (χ4n) is 3.59. The van der Waals surface area contributed by atoms with Gasteiger partial charge in [0, 0.05) is 21.8 Å². The average molecular weight is 437 g/mol. The zero-order valence-electron chi connectivity index (χ0n) is 17.1. The first kappa shape index (κ1) is 20.6. The summed E-state index contributed by atoms with van der Waals surface area (Å²) in [5.74, 6) is 1.14. The lowest BCUT2D eigenvalue weighted by molar-refractivity contribution is 0.269. The van der Waals surface area contributed by atoms with Crippen LogP contribution in [0.4, 0.5) is 0 Å². The number of rotatable bonds is 6. The first-order chi connectivity index (χ1) is 15.0. The van der Waals surface area contributed by atoms with E-state index < -0.39 is 5.92 Å². The number of benzene rings is 2. The Morgan fingerprint density at radius 1 is 1.23 bits per heavy atom. The second-order valence-corrected chi connectivity index (χ2v) is 7.42. The van der Waals surface area contributed by atoms with Gasteiger partial charge in [0.05, 0.1) is 12.5 Å². The van der Waals surface area contributed by atoms with Crippen molar-refractivity contribution in [1.29, 1.82) is 5.26 Å². The minimum atomic E-state index is -0.427. The largest absolute Gasteiger partial charge is 0.490 e. The van der Waals surface area contributed by atoms with E-state index >= 15 is 0 Å². The highest BCUT2D eigenvalue weighted by Gasteiger charge is 2.34. The Labute approximate surface area is 185 Å². The van der Waals surface area contributed by atoms with Gasteiger partial charge in [0.25, 0.3) is 0 Å². The summed E-state index contributed by atoms with van der Waals surface area (Å²) in [6.45, 7) is 4.54. The van der Waals surface area contributed by atoms with Gasteiger partial charge in [-0.2, -0.15) is 5.26 Å². The van der Waals surface area contributed by atoms with Gasteiger partial charge in [-0.1, -0.05) is 35.9 Å². The molecule has 0 fully saturated rings. The van der Waals surface area contributed by atoms with Gasteiger partial charge in [-0.25, -0.2) is 0 Å². The number of hydrogen-bond donors (Lipinski definition) is 2. The maximum Gasteiger partial charge on any atom is 0.244 e. The van der Waals surface area contributed by atoms with Crippen LogP contribution >= 0.6 is 11.6 Å². The average Bonchev–Trinajstić information content (AvgIpc) is 3.13. The molecule has 0 amide bonds. The molecule has 0 saturated heterocycles. The van der Waals surface area contributed by atoms with Crippen molar-refractivity contribution in [2.75, 3.05) is 6.61 Å². The zero-order chi connectivity index (χ0) is 22.0. The molecule has 31 heavy (non-hydrogen) atoms. The van der Waals surface area contributed by atoms with Crippen LogP contribution < -0.4 is 19.9 Å². The van der Waals surface area contributed by atoms with Crippen molar-refractivity contribution >= 4 is 11.6 Å². The topological polar surface area (TPSA) is 106 Å². The Balaban J connectivity index is 1.71. The van der Waals surface area contributed by atoms with Crippen molar-refractivity contribution in [2.45, 2.75) is 26.4 Å². The highest BCUT2D eigenvalue weighted by molar-refractivity contribution is 6.31. The van der Waals surface area contributed by atoms with E-state index in [0.717, 1.165) is 22.4 Å². The van der Waals surface area contributed by atoms with E-state index in [9.17, 15) is 5.26 Å². The fourth-order valence-corrected chi connectivity index (χ4v) is 3.78. The van der Waals surface area contributed by atoms with E-state index in [1.807, 2.05) is 56.3 Å². The molecule has 3 aromatic rings. The molecule has 1 aromatic heterocycles. The first-order valence-corrected chi connectivity index (χ1v) is 10.2. The van der Waals surface area contributed by atoms with E-state index in [1.54, 1.807) is 0 Å². The molecule has 2 heterocycles. The molecular formula is C23H21ClN4O3. The van der Waals surface area contributed by atoms with Gasteiger partial charge >= 0.3 is 0 Å². The third-order valence-corrected chi connectivity index (χ3v) is 5.44. The van der Waals surface area contributed by atoms with Crippen molar-refractivity contribution in [1.82, 2.24) is 10.2 Å². The lowest BCUT2D eigenvalue weighted by Gasteiger charge is -2.24. The fraction of sp³-hybridized carbons (Fsp3) is 0.217. The normalized spacial score (nSPS) is 15.1. The summed E-state index contributed by atoms with van der Waals surface area (Å²) in [6.07, 6.45) is 0. The molecule has 0 bridgehead atoms. The summed E-state index contributed by atoms with van der Waals surface area (Å²) < 4.78 is 17.4. The molecular weight excluding hydrogens is 416 g/mol. The molecule has 158 valence electrons. The van der Waals surface area contributed by atoms with Gasteiger partial charge in [0.1, 0.15) is 18.2 Å². The van der Waals surface area contributed by atoms with Crippen LogP contribution in [0.15, 0.2) is 53.9 Å². The molecule has 8 heteroatoms. The lowest BCUT2D eigenvalue weighted by Crippen LogP contribution is -2.21. The number of nitrogens with one attached hydrogen (secondary N) is 1. The van der Waals surface area contributed by atoms with Crippen molar-refractivity contribution in [2.24, 2.45) is 5.73 Å². The molecule has 1 unspecified atom stereocenters. The Morgan fingerprint density at radius 2 is 2.03 bits per heavy atom. The number of ether oxygens (including phenoxy) is 3. The minimum absolute atomic E-state index is 0.0449. The molecule has 0 saturated carbocycles. The maximum atomic E-state index is 9.74. The third-order valence-electron chi connectivity index (χ3n) is 5.07. The molecule has 1 aliphatic heterocycles. The van der Waals surface area contributed by atoms with Gasteiger partial charge in [-0.15, -0.1) is 5.10 Å². The number of nitrogens with zero attached hydrogens (tertiary/aromatic N) is 2. The van der Waals surface area contributed by atoms with E-state index in [4.69, 9.17) is 31.5 Å². The number of fused-ring (bicyclic) bond motifs is 1. The maximum absolute atomic E-state index is 9.74. The molecule has 1 atom stereocenters. The van der Waals surface area contributed by atoms with Gasteiger partial charge in [0.15, 0.2) is 11.5 Å². The van der Waals surface area contributed by atoms with Gasteiger partial charge in [-0.3, -0.25) is 5.10 Å². The van der Waals surface area contributed by atoms with Gasteiger partial charge < -0.3 is 19.9 Å². The standard InChI is InChI=1S/C23H21ClN4O3/c1-3-29-19-10-14(8-9-18(19)30-12-15-6-4-5-7-17(15)24)21-16(11-25)22(26)31-23-20(21)13(2)27-28-23/h4-10,21H,3,12,26H2,1-2H3,(H,27,28). The number of halogens is 1. The Bertz CT molecular complexity index is 1200. The van der Waals surface area contributed by atoms with E-state index in [1.165, 1.54) is 0 Å². The number of aryl methyl sites for hydroxylation is 1. The van der Waals surface area contributed by atoms with Crippen LogP contribution in [0.1, 0.15) is 35.2 Å². The number of hydrogen-bond acceptors (Lipinski definition) is 6. The van der Waals surface area contributed by atoms with Crippen molar-refractivity contribution in [3.05, 3.63) is 81.3 Å². The number of nitrogens with two attached hydrogens (primary N) is 1. The zero-order valence-corrected chi connectivity index (χ0v) is 17.9. The molecule has 1 aliphatic rings. The van der Waals surface area contributed by atoms with Crippen molar-refractivity contribution in [3.8, 4) is 23.4 Å². The molecule has 0 spiro atoms. The van der Waals surface area contributed by atoms with Crippen molar-refractivity contribution < 1.29 is 14.2 Å². The van der Waals surface area contributed by atoms with Crippen LogP contribution in [-0.4, -0.2) is 16.8 Å². The Kier molecular flexibility index (Phi) is 5.74. The van der Waals surface area contributed by atoms with Crippen LogP contribution in [0, 0.1) is 18.3 Å². The Morgan fingerprint density at radius 3 is 2.77 bits per heavy atom. The van der Waals surface area contributed by atoms with Crippen LogP contribution in [-0.2, 0) is 6.61 Å². The summed E-state index contributed by atoms with van der Waals surface area (Å²) >= 11 is 6.24. The van der Waals surface area contributed by atoms with Gasteiger partial charge in [-0.05, 0) is 37.6 Å². The Hall–Kier alpha value is -3.63.